The van der Waals surface area contributed by atoms with Crippen molar-refractivity contribution in [2.45, 2.75) is 12.5 Å². The van der Waals surface area contributed by atoms with Crippen molar-refractivity contribution in [3.63, 3.8) is 0 Å². The molecule has 3 nitrogen and oxygen atoms in total. The molecule has 0 saturated carbocycles. The lowest BCUT2D eigenvalue weighted by molar-refractivity contribution is 0.235. The Bertz CT molecular complexity index is 327. The fraction of sp³-hybridized carbons (Fsp3) is 0.500. The SMILES string of the molecule is COc1ccccc1[C@@H]1C[C@@H](CO)CN1. The van der Waals surface area contributed by atoms with Crippen LogP contribution in [0.15, 0.2) is 24.3 Å². The van der Waals surface area contributed by atoms with Crippen molar-refractivity contribution < 1.29 is 9.84 Å². The van der Waals surface area contributed by atoms with Gasteiger partial charge in [0.2, 0.25) is 0 Å². The van der Waals surface area contributed by atoms with Gasteiger partial charge in [0.1, 0.15) is 5.75 Å². The maximum absolute atomic E-state index is 9.09. The molecule has 1 saturated heterocycles. The third-order valence-electron chi connectivity index (χ3n) is 2.99. The van der Waals surface area contributed by atoms with Gasteiger partial charge in [-0.3, -0.25) is 0 Å². The van der Waals surface area contributed by atoms with E-state index in [-0.39, 0.29) is 6.61 Å². The van der Waals surface area contributed by atoms with E-state index < -0.39 is 0 Å². The zero-order chi connectivity index (χ0) is 10.7. The number of nitrogens with one attached hydrogen (secondary N) is 1. The van der Waals surface area contributed by atoms with Gasteiger partial charge < -0.3 is 15.2 Å². The molecule has 0 bridgehead atoms. The number of hydrogen-bond donors (Lipinski definition) is 2. The third-order valence-corrected chi connectivity index (χ3v) is 2.99. The standard InChI is InChI=1S/C12H17NO2/c1-15-12-5-3-2-4-10(12)11-6-9(8-14)7-13-11/h2-5,9,11,13-14H,6-8H2,1H3/t9-,11+/m1/s1. The molecule has 2 atom stereocenters. The van der Waals surface area contributed by atoms with Crippen LogP contribution in [0.25, 0.3) is 0 Å². The maximum Gasteiger partial charge on any atom is 0.123 e. The molecule has 2 N–H and O–H groups in total. The van der Waals surface area contributed by atoms with E-state index in [1.54, 1.807) is 7.11 Å². The molecule has 0 amide bonds. The first kappa shape index (κ1) is 10.5. The van der Waals surface area contributed by atoms with Crippen molar-refractivity contribution in [2.24, 2.45) is 5.92 Å². The molecule has 0 unspecified atom stereocenters. The van der Waals surface area contributed by atoms with Crippen molar-refractivity contribution in [3.8, 4) is 5.75 Å². The third kappa shape index (κ3) is 2.13. The van der Waals surface area contributed by atoms with Gasteiger partial charge in [-0.1, -0.05) is 18.2 Å². The molecule has 1 aromatic carbocycles. The normalized spacial score (nSPS) is 25.5. The Morgan fingerprint density at radius 2 is 2.27 bits per heavy atom. The van der Waals surface area contributed by atoms with Gasteiger partial charge >= 0.3 is 0 Å². The van der Waals surface area contributed by atoms with E-state index in [1.165, 1.54) is 5.56 Å². The topological polar surface area (TPSA) is 41.5 Å². The van der Waals surface area contributed by atoms with Crippen LogP contribution >= 0.6 is 0 Å². The van der Waals surface area contributed by atoms with Crippen molar-refractivity contribution in [2.75, 3.05) is 20.3 Å². The molecule has 1 aliphatic heterocycles. The highest BCUT2D eigenvalue weighted by Gasteiger charge is 2.26. The fourth-order valence-electron chi connectivity index (χ4n) is 2.14. The van der Waals surface area contributed by atoms with Crippen LogP contribution in [0, 0.1) is 5.92 Å². The first-order chi connectivity index (χ1) is 7.35. The van der Waals surface area contributed by atoms with E-state index in [2.05, 4.69) is 11.4 Å². The van der Waals surface area contributed by atoms with Crippen LogP contribution in [0.4, 0.5) is 0 Å². The second-order valence-corrected chi connectivity index (χ2v) is 3.99. The van der Waals surface area contributed by atoms with Crippen molar-refractivity contribution in [3.05, 3.63) is 29.8 Å². The van der Waals surface area contributed by atoms with Gasteiger partial charge in [-0.15, -0.1) is 0 Å². The largest absolute Gasteiger partial charge is 0.496 e. The summed E-state index contributed by atoms with van der Waals surface area (Å²) in [6.07, 6.45) is 0.983. The number of aliphatic hydroxyl groups excluding tert-OH is 1. The molecule has 0 radical (unpaired) electrons. The molecule has 1 aliphatic rings. The van der Waals surface area contributed by atoms with Gasteiger partial charge in [-0.2, -0.15) is 0 Å². The quantitative estimate of drug-likeness (QED) is 0.786. The summed E-state index contributed by atoms with van der Waals surface area (Å²) in [5.41, 5.74) is 1.19. The smallest absolute Gasteiger partial charge is 0.123 e. The molecule has 0 spiro atoms. The van der Waals surface area contributed by atoms with E-state index >= 15 is 0 Å². The van der Waals surface area contributed by atoms with Gasteiger partial charge in [0.15, 0.2) is 0 Å². The van der Waals surface area contributed by atoms with Crippen LogP contribution in [-0.4, -0.2) is 25.4 Å². The molecule has 3 heteroatoms. The highest BCUT2D eigenvalue weighted by molar-refractivity contribution is 5.36. The Labute approximate surface area is 90.1 Å². The molecule has 0 aliphatic carbocycles. The van der Waals surface area contributed by atoms with E-state index in [0.29, 0.717) is 12.0 Å². The zero-order valence-electron chi connectivity index (χ0n) is 8.94. The number of para-hydroxylation sites is 1. The summed E-state index contributed by atoms with van der Waals surface area (Å²) in [5.74, 6) is 1.30. The van der Waals surface area contributed by atoms with Crippen molar-refractivity contribution >= 4 is 0 Å². The van der Waals surface area contributed by atoms with Crippen LogP contribution in [-0.2, 0) is 0 Å². The van der Waals surface area contributed by atoms with Gasteiger partial charge in [0, 0.05) is 24.8 Å². The van der Waals surface area contributed by atoms with E-state index in [1.807, 2.05) is 18.2 Å². The Morgan fingerprint density at radius 3 is 2.93 bits per heavy atom. The summed E-state index contributed by atoms with van der Waals surface area (Å²) in [4.78, 5) is 0. The van der Waals surface area contributed by atoms with Gasteiger partial charge in [0.05, 0.1) is 7.11 Å². The minimum atomic E-state index is 0.263. The molecule has 0 aromatic heterocycles. The van der Waals surface area contributed by atoms with Crippen LogP contribution in [0.5, 0.6) is 5.75 Å². The number of ether oxygens (including phenoxy) is 1. The van der Waals surface area contributed by atoms with E-state index in [9.17, 15) is 0 Å². The van der Waals surface area contributed by atoms with E-state index in [0.717, 1.165) is 18.7 Å². The van der Waals surface area contributed by atoms with Crippen LogP contribution in [0.3, 0.4) is 0 Å². The van der Waals surface area contributed by atoms with Gasteiger partial charge in [-0.05, 0) is 18.4 Å². The number of aliphatic hydroxyl groups is 1. The molecular formula is C12H17NO2. The molecular weight excluding hydrogens is 190 g/mol. The Balaban J connectivity index is 2.16. The average Bonchev–Trinajstić information content (AvgIpc) is 2.77. The second kappa shape index (κ2) is 4.64. The second-order valence-electron chi connectivity index (χ2n) is 3.99. The molecule has 1 aromatic rings. The lowest BCUT2D eigenvalue weighted by Gasteiger charge is -2.14. The lowest BCUT2D eigenvalue weighted by Crippen LogP contribution is -2.15. The summed E-state index contributed by atoms with van der Waals surface area (Å²) in [5, 5.41) is 12.5. The highest BCUT2D eigenvalue weighted by Crippen LogP contribution is 2.32. The Morgan fingerprint density at radius 1 is 1.47 bits per heavy atom. The van der Waals surface area contributed by atoms with Crippen molar-refractivity contribution in [1.82, 2.24) is 5.32 Å². The van der Waals surface area contributed by atoms with Crippen LogP contribution in [0.1, 0.15) is 18.0 Å². The van der Waals surface area contributed by atoms with Crippen LogP contribution in [0.2, 0.25) is 0 Å². The van der Waals surface area contributed by atoms with Crippen molar-refractivity contribution in [1.29, 1.82) is 0 Å². The average molecular weight is 207 g/mol. The summed E-state index contributed by atoms with van der Waals surface area (Å²) in [7, 11) is 1.69. The Hall–Kier alpha value is -1.06. The monoisotopic (exact) mass is 207 g/mol. The molecule has 1 heterocycles. The first-order valence-corrected chi connectivity index (χ1v) is 5.32. The molecule has 1 fully saturated rings. The number of rotatable bonds is 3. The summed E-state index contributed by atoms with van der Waals surface area (Å²) >= 11 is 0. The zero-order valence-corrected chi connectivity index (χ0v) is 8.94. The number of benzene rings is 1. The number of methoxy groups -OCH3 is 1. The van der Waals surface area contributed by atoms with Gasteiger partial charge in [-0.25, -0.2) is 0 Å². The maximum atomic E-state index is 9.09. The molecule has 15 heavy (non-hydrogen) atoms. The van der Waals surface area contributed by atoms with E-state index in [4.69, 9.17) is 9.84 Å². The van der Waals surface area contributed by atoms with Crippen LogP contribution < -0.4 is 10.1 Å². The fourth-order valence-corrected chi connectivity index (χ4v) is 2.14. The minimum absolute atomic E-state index is 0.263. The summed E-state index contributed by atoms with van der Waals surface area (Å²) < 4.78 is 5.32. The highest BCUT2D eigenvalue weighted by atomic mass is 16.5. The Kier molecular flexibility index (Phi) is 3.23. The first-order valence-electron chi connectivity index (χ1n) is 5.32. The lowest BCUT2D eigenvalue weighted by atomic mass is 10.00. The predicted octanol–water partition coefficient (Wildman–Crippen LogP) is 1.34. The molecule has 82 valence electrons. The summed E-state index contributed by atoms with van der Waals surface area (Å²) in [6, 6.07) is 8.37. The summed E-state index contributed by atoms with van der Waals surface area (Å²) in [6.45, 7) is 1.15. The minimum Gasteiger partial charge on any atom is -0.496 e. The number of hydrogen-bond acceptors (Lipinski definition) is 3. The predicted molar refractivity (Wildman–Crippen MR) is 58.9 cm³/mol. The van der Waals surface area contributed by atoms with Gasteiger partial charge in [0.25, 0.3) is 0 Å². The molecule has 2 rings (SSSR count).